The number of hydrogen-bond acceptors (Lipinski definition) is 6. The molecule has 0 radical (unpaired) electrons. The van der Waals surface area contributed by atoms with Gasteiger partial charge in [0.2, 0.25) is 5.95 Å². The van der Waals surface area contributed by atoms with Crippen LogP contribution in [-0.2, 0) is 7.05 Å². The van der Waals surface area contributed by atoms with E-state index in [4.69, 9.17) is 22.1 Å². The number of aromatic nitrogens is 6. The second-order valence-corrected chi connectivity index (χ2v) is 5.03. The van der Waals surface area contributed by atoms with Crippen molar-refractivity contribution in [2.24, 2.45) is 7.05 Å². The van der Waals surface area contributed by atoms with Crippen LogP contribution in [0, 0.1) is 0 Å². The average molecular weight is 316 g/mol. The van der Waals surface area contributed by atoms with Crippen molar-refractivity contribution in [3.8, 4) is 11.5 Å². The summed E-state index contributed by atoms with van der Waals surface area (Å²) in [4.78, 5) is 12.4. The Kier molecular flexibility index (Phi) is 2.67. The molecule has 2 N–H and O–H groups in total. The van der Waals surface area contributed by atoms with Gasteiger partial charge in [0.1, 0.15) is 16.1 Å². The first kappa shape index (κ1) is 12.8. The Morgan fingerprint density at radius 2 is 2.09 bits per heavy atom. The molecule has 4 heterocycles. The van der Waals surface area contributed by atoms with E-state index >= 15 is 0 Å². The van der Waals surface area contributed by atoms with Gasteiger partial charge in [-0.15, -0.1) is 0 Å². The monoisotopic (exact) mass is 315 g/mol. The summed E-state index contributed by atoms with van der Waals surface area (Å²) in [6, 6.07) is 0. The molecule has 0 saturated carbocycles. The van der Waals surface area contributed by atoms with Crippen LogP contribution in [0.15, 0.2) is 31.0 Å². The number of ether oxygens (including phenoxy) is 1. The first-order valence-electron chi connectivity index (χ1n) is 6.37. The highest BCUT2D eigenvalue weighted by Gasteiger charge is 2.16. The Hall–Kier alpha value is -2.87. The van der Waals surface area contributed by atoms with Crippen molar-refractivity contribution in [3.63, 3.8) is 0 Å². The fraction of sp³-hybridized carbons (Fsp3) is 0.0769. The number of rotatable bonds is 2. The lowest BCUT2D eigenvalue weighted by Gasteiger charge is -2.07. The van der Waals surface area contributed by atoms with E-state index in [-0.39, 0.29) is 0 Å². The molecule has 8 nitrogen and oxygen atoms in total. The quantitative estimate of drug-likeness (QED) is 0.608. The van der Waals surface area contributed by atoms with Gasteiger partial charge < -0.3 is 15.0 Å². The van der Waals surface area contributed by atoms with Crippen LogP contribution in [0.1, 0.15) is 0 Å². The third kappa shape index (κ3) is 1.77. The van der Waals surface area contributed by atoms with Gasteiger partial charge in [-0.1, -0.05) is 11.6 Å². The van der Waals surface area contributed by atoms with Crippen LogP contribution in [0.4, 0.5) is 5.95 Å². The molecule has 0 atom stereocenters. The Morgan fingerprint density at radius 3 is 2.95 bits per heavy atom. The predicted octanol–water partition coefficient (Wildman–Crippen LogP) is 2.04. The fourth-order valence-corrected chi connectivity index (χ4v) is 2.51. The largest absolute Gasteiger partial charge is 0.450 e. The van der Waals surface area contributed by atoms with Gasteiger partial charge in [-0.05, 0) is 0 Å². The molecular formula is C13H10ClN7O. The van der Waals surface area contributed by atoms with Crippen LogP contribution >= 0.6 is 11.6 Å². The number of imidazole rings is 1. The van der Waals surface area contributed by atoms with Crippen molar-refractivity contribution in [2.75, 3.05) is 5.73 Å². The molecule has 0 saturated heterocycles. The van der Waals surface area contributed by atoms with Crippen LogP contribution < -0.4 is 10.5 Å². The van der Waals surface area contributed by atoms with Crippen LogP contribution in [0.25, 0.3) is 16.7 Å². The molecule has 4 rings (SSSR count). The van der Waals surface area contributed by atoms with Crippen LogP contribution in [0.2, 0.25) is 5.02 Å². The van der Waals surface area contributed by atoms with Gasteiger partial charge in [0.25, 0.3) is 0 Å². The topological polar surface area (TPSA) is 96.2 Å². The first-order chi connectivity index (χ1) is 10.6. The smallest absolute Gasteiger partial charge is 0.202 e. The molecule has 0 aromatic carbocycles. The van der Waals surface area contributed by atoms with Gasteiger partial charge in [-0.3, -0.25) is 4.98 Å². The van der Waals surface area contributed by atoms with Gasteiger partial charge in [-0.2, -0.15) is 10.1 Å². The zero-order valence-electron chi connectivity index (χ0n) is 11.4. The van der Waals surface area contributed by atoms with E-state index < -0.39 is 0 Å². The van der Waals surface area contributed by atoms with E-state index in [1.165, 1.54) is 6.20 Å². The number of aryl methyl sites for hydroxylation is 1. The number of pyridine rings is 1. The van der Waals surface area contributed by atoms with E-state index in [1.54, 1.807) is 40.9 Å². The van der Waals surface area contributed by atoms with Crippen LogP contribution in [0.5, 0.6) is 11.5 Å². The number of nitrogen functional groups attached to an aromatic ring is 1. The minimum absolute atomic E-state index is 0.335. The lowest BCUT2D eigenvalue weighted by atomic mass is 10.4. The summed E-state index contributed by atoms with van der Waals surface area (Å²) in [7, 11) is 1.77. The summed E-state index contributed by atoms with van der Waals surface area (Å²) in [5, 5.41) is 4.57. The maximum atomic E-state index is 6.40. The maximum absolute atomic E-state index is 6.40. The number of nitrogens with two attached hydrogens (primary N) is 1. The second kappa shape index (κ2) is 4.57. The normalized spacial score (nSPS) is 11.4. The number of nitrogens with zero attached hydrogens (tertiary/aromatic N) is 6. The number of hydrogen-bond donors (Lipinski definition) is 1. The molecule has 110 valence electrons. The summed E-state index contributed by atoms with van der Waals surface area (Å²) in [5.74, 6) is 1.27. The van der Waals surface area contributed by atoms with Gasteiger partial charge in [0, 0.05) is 19.4 Å². The molecule has 0 aliphatic rings. The highest BCUT2D eigenvalue weighted by Crippen LogP contribution is 2.35. The molecule has 0 aliphatic heterocycles. The third-order valence-corrected chi connectivity index (χ3v) is 3.71. The molecule has 4 aromatic heterocycles. The Morgan fingerprint density at radius 1 is 1.23 bits per heavy atom. The van der Waals surface area contributed by atoms with Gasteiger partial charge in [0.05, 0.1) is 18.6 Å². The maximum Gasteiger partial charge on any atom is 0.202 e. The molecular weight excluding hydrogens is 306 g/mol. The molecule has 9 heteroatoms. The zero-order valence-corrected chi connectivity index (χ0v) is 12.2. The van der Waals surface area contributed by atoms with E-state index in [1.807, 2.05) is 0 Å². The summed E-state index contributed by atoms with van der Waals surface area (Å²) < 4.78 is 9.15. The molecule has 0 unspecified atom stereocenters. The van der Waals surface area contributed by atoms with Crippen molar-refractivity contribution in [1.29, 1.82) is 0 Å². The van der Waals surface area contributed by atoms with Crippen molar-refractivity contribution in [3.05, 3.63) is 36.0 Å². The molecule has 0 amide bonds. The molecule has 0 spiro atoms. The number of fused-ring (bicyclic) bond motifs is 2. The SMILES string of the molecule is Cn1c(N)nc2ncc(Oc3cnn4ccncc34)c(Cl)c21. The minimum Gasteiger partial charge on any atom is -0.450 e. The van der Waals surface area contributed by atoms with Crippen molar-refractivity contribution < 1.29 is 4.74 Å². The van der Waals surface area contributed by atoms with E-state index in [2.05, 4.69) is 20.1 Å². The highest BCUT2D eigenvalue weighted by molar-refractivity contribution is 6.36. The number of anilines is 1. The van der Waals surface area contributed by atoms with Crippen LogP contribution in [-0.4, -0.2) is 29.1 Å². The molecule has 0 fully saturated rings. The van der Waals surface area contributed by atoms with Gasteiger partial charge in [0.15, 0.2) is 17.1 Å². The molecule has 22 heavy (non-hydrogen) atoms. The third-order valence-electron chi connectivity index (χ3n) is 3.35. The first-order valence-corrected chi connectivity index (χ1v) is 6.74. The van der Waals surface area contributed by atoms with Crippen LogP contribution in [0.3, 0.4) is 0 Å². The lowest BCUT2D eigenvalue weighted by Crippen LogP contribution is -1.97. The van der Waals surface area contributed by atoms with Crippen molar-refractivity contribution >= 4 is 34.2 Å². The Balaban J connectivity index is 1.85. The van der Waals surface area contributed by atoms with Crippen molar-refractivity contribution in [2.45, 2.75) is 0 Å². The molecule has 0 aliphatic carbocycles. The molecule has 0 bridgehead atoms. The summed E-state index contributed by atoms with van der Waals surface area (Å²) in [5.41, 5.74) is 7.59. The predicted molar refractivity (Wildman–Crippen MR) is 81.0 cm³/mol. The Labute approximate surface area is 129 Å². The lowest BCUT2D eigenvalue weighted by molar-refractivity contribution is 0.486. The fourth-order valence-electron chi connectivity index (χ4n) is 2.21. The van der Waals surface area contributed by atoms with Gasteiger partial charge in [-0.25, -0.2) is 9.50 Å². The van der Waals surface area contributed by atoms with E-state index in [0.717, 1.165) is 5.52 Å². The summed E-state index contributed by atoms with van der Waals surface area (Å²) in [6.45, 7) is 0. The van der Waals surface area contributed by atoms with Crippen molar-refractivity contribution in [1.82, 2.24) is 29.1 Å². The summed E-state index contributed by atoms with van der Waals surface area (Å²) >= 11 is 6.40. The summed E-state index contributed by atoms with van der Waals surface area (Å²) in [6.07, 6.45) is 8.13. The second-order valence-electron chi connectivity index (χ2n) is 4.65. The highest BCUT2D eigenvalue weighted by atomic mass is 35.5. The average Bonchev–Trinajstić information content (AvgIpc) is 3.05. The molecule has 4 aromatic rings. The zero-order chi connectivity index (χ0) is 15.3. The standard InChI is InChI=1S/C13H10ClN7O/c1-20-11-10(14)9(5-17-12(11)19-13(20)15)22-8-6-18-21-3-2-16-4-7(8)21/h2-6H,1H3,(H2,15,17,19). The van der Waals surface area contributed by atoms with E-state index in [0.29, 0.717) is 33.6 Å². The Bertz CT molecular complexity index is 1010. The van der Waals surface area contributed by atoms with E-state index in [9.17, 15) is 0 Å². The van der Waals surface area contributed by atoms with Gasteiger partial charge >= 0.3 is 0 Å². The minimum atomic E-state index is 0.335. The number of halogens is 1.